The van der Waals surface area contributed by atoms with Gasteiger partial charge in [0.05, 0.1) is 11.4 Å². The van der Waals surface area contributed by atoms with Gasteiger partial charge < -0.3 is 20.6 Å². The van der Waals surface area contributed by atoms with Crippen LogP contribution in [-0.2, 0) is 6.42 Å². The number of carbonyl (C=O) groups excluding carboxylic acids is 1. The maximum atomic E-state index is 12.4. The van der Waals surface area contributed by atoms with Gasteiger partial charge in [-0.2, -0.15) is 0 Å². The molecular weight excluding hydrogens is 326 g/mol. The number of para-hydroxylation sites is 2. The van der Waals surface area contributed by atoms with Crippen molar-refractivity contribution in [1.82, 2.24) is 5.32 Å². The number of urea groups is 1. The van der Waals surface area contributed by atoms with Crippen molar-refractivity contribution in [1.29, 1.82) is 0 Å². The van der Waals surface area contributed by atoms with Crippen molar-refractivity contribution >= 4 is 17.4 Å². The number of amides is 2. The van der Waals surface area contributed by atoms with Crippen molar-refractivity contribution in [3.8, 4) is 5.75 Å². The normalized spacial score (nSPS) is 14.9. The monoisotopic (exact) mass is 353 g/mol. The third kappa shape index (κ3) is 4.91. The van der Waals surface area contributed by atoms with Crippen molar-refractivity contribution < 1.29 is 9.90 Å². The van der Waals surface area contributed by atoms with Crippen molar-refractivity contribution in [3.05, 3.63) is 54.1 Å². The number of nitrogens with one attached hydrogen (secondary N) is 2. The van der Waals surface area contributed by atoms with Crippen LogP contribution in [0.1, 0.15) is 31.7 Å². The topological polar surface area (TPSA) is 64.6 Å². The lowest BCUT2D eigenvalue weighted by Gasteiger charge is -2.22. The minimum atomic E-state index is -0.171. The lowest BCUT2D eigenvalue weighted by Crippen LogP contribution is -2.36. The van der Waals surface area contributed by atoms with Gasteiger partial charge in [0.15, 0.2) is 0 Å². The molecule has 0 bridgehead atoms. The first kappa shape index (κ1) is 18.1. The Hall–Kier alpha value is -2.69. The Morgan fingerprint density at radius 3 is 2.54 bits per heavy atom. The highest BCUT2D eigenvalue weighted by atomic mass is 16.3. The Kier molecular flexibility index (Phi) is 6.00. The first-order chi connectivity index (χ1) is 12.6. The molecular formula is C21H27N3O2. The first-order valence-electron chi connectivity index (χ1n) is 9.31. The second-order valence-corrected chi connectivity index (χ2v) is 6.92. The van der Waals surface area contributed by atoms with Crippen molar-refractivity contribution in [2.45, 2.75) is 38.6 Å². The maximum Gasteiger partial charge on any atom is 0.319 e. The van der Waals surface area contributed by atoms with E-state index < -0.39 is 0 Å². The molecule has 3 rings (SSSR count). The lowest BCUT2D eigenvalue weighted by molar-refractivity contribution is 0.248. The summed E-state index contributed by atoms with van der Waals surface area (Å²) < 4.78 is 0. The Morgan fingerprint density at radius 1 is 1.12 bits per heavy atom. The molecule has 1 atom stereocenters. The summed E-state index contributed by atoms with van der Waals surface area (Å²) in [6.45, 7) is 4.10. The average Bonchev–Trinajstić information content (AvgIpc) is 3.16. The van der Waals surface area contributed by atoms with Crippen LogP contribution >= 0.6 is 0 Å². The second-order valence-electron chi connectivity index (χ2n) is 6.92. The molecule has 1 aliphatic rings. The number of carbonyl (C=O) groups is 1. The van der Waals surface area contributed by atoms with Crippen LogP contribution in [0.4, 0.5) is 16.2 Å². The molecule has 1 aliphatic heterocycles. The number of hydrogen-bond acceptors (Lipinski definition) is 3. The number of hydrogen-bond donors (Lipinski definition) is 3. The van der Waals surface area contributed by atoms with Gasteiger partial charge in [-0.25, -0.2) is 4.79 Å². The number of phenolic OH excluding ortho intramolecular Hbond substituents is 1. The predicted octanol–water partition coefficient (Wildman–Crippen LogP) is 4.14. The molecule has 5 heteroatoms. The van der Waals surface area contributed by atoms with Gasteiger partial charge in [0.25, 0.3) is 0 Å². The zero-order valence-corrected chi connectivity index (χ0v) is 15.2. The van der Waals surface area contributed by atoms with Crippen LogP contribution in [0.3, 0.4) is 0 Å². The minimum absolute atomic E-state index is 0.0581. The van der Waals surface area contributed by atoms with E-state index in [1.54, 1.807) is 12.1 Å². The molecule has 0 aliphatic carbocycles. The number of benzene rings is 2. The number of nitrogens with zero attached hydrogens (tertiary/aromatic N) is 1. The van der Waals surface area contributed by atoms with Gasteiger partial charge >= 0.3 is 6.03 Å². The lowest BCUT2D eigenvalue weighted by atomic mass is 10.1. The Balaban J connectivity index is 1.51. The molecule has 1 unspecified atom stereocenters. The van der Waals surface area contributed by atoms with Crippen LogP contribution < -0.4 is 15.5 Å². The highest BCUT2D eigenvalue weighted by molar-refractivity contribution is 5.93. The molecule has 1 fully saturated rings. The van der Waals surface area contributed by atoms with Crippen molar-refractivity contribution in [2.75, 3.05) is 23.3 Å². The molecule has 2 aromatic carbocycles. The molecule has 138 valence electrons. The van der Waals surface area contributed by atoms with E-state index >= 15 is 0 Å². The van der Waals surface area contributed by atoms with Crippen LogP contribution in [0, 0.1) is 0 Å². The molecule has 0 saturated carbocycles. The minimum Gasteiger partial charge on any atom is -0.508 e. The fourth-order valence-corrected chi connectivity index (χ4v) is 3.31. The van der Waals surface area contributed by atoms with E-state index in [0.29, 0.717) is 0 Å². The highest BCUT2D eigenvalue weighted by Gasteiger charge is 2.17. The number of rotatable bonds is 6. The maximum absolute atomic E-state index is 12.4. The number of aromatic hydroxyl groups is 1. The summed E-state index contributed by atoms with van der Waals surface area (Å²) in [6.07, 6.45) is 4.10. The summed E-state index contributed by atoms with van der Waals surface area (Å²) in [7, 11) is 0. The van der Waals surface area contributed by atoms with E-state index in [2.05, 4.69) is 21.6 Å². The van der Waals surface area contributed by atoms with Gasteiger partial charge in [-0.15, -0.1) is 0 Å². The van der Waals surface area contributed by atoms with E-state index in [0.717, 1.165) is 42.9 Å². The van der Waals surface area contributed by atoms with Crippen LogP contribution in [0.15, 0.2) is 48.5 Å². The van der Waals surface area contributed by atoms with Crippen LogP contribution in [0.25, 0.3) is 0 Å². The molecule has 1 heterocycles. The fourth-order valence-electron chi connectivity index (χ4n) is 3.31. The zero-order valence-electron chi connectivity index (χ0n) is 15.2. The highest BCUT2D eigenvalue weighted by Crippen LogP contribution is 2.28. The number of aryl methyl sites for hydroxylation is 1. The summed E-state index contributed by atoms with van der Waals surface area (Å²) in [5, 5.41) is 15.3. The standard InChI is InChI=1S/C21H27N3O2/c1-16(8-9-17-10-12-18(25)13-11-17)22-21(26)23-19-6-2-3-7-20(19)24-14-4-5-15-24/h2-3,6-7,10-13,16,25H,4-5,8-9,14-15H2,1H3,(H2,22,23,26). The Bertz CT molecular complexity index is 724. The number of anilines is 2. The third-order valence-corrected chi connectivity index (χ3v) is 4.78. The zero-order chi connectivity index (χ0) is 18.4. The third-order valence-electron chi connectivity index (χ3n) is 4.78. The predicted molar refractivity (Wildman–Crippen MR) is 106 cm³/mol. The SMILES string of the molecule is CC(CCc1ccc(O)cc1)NC(=O)Nc1ccccc1N1CCCC1. The summed E-state index contributed by atoms with van der Waals surface area (Å²) in [5.74, 6) is 0.274. The Labute approximate surface area is 155 Å². The van der Waals surface area contributed by atoms with Gasteiger partial charge in [0.2, 0.25) is 0 Å². The van der Waals surface area contributed by atoms with E-state index in [-0.39, 0.29) is 17.8 Å². The summed E-state index contributed by atoms with van der Waals surface area (Å²) in [4.78, 5) is 14.7. The molecule has 0 spiro atoms. The molecule has 3 N–H and O–H groups in total. The molecule has 0 aromatic heterocycles. The van der Waals surface area contributed by atoms with E-state index in [1.807, 2.05) is 37.3 Å². The summed E-state index contributed by atoms with van der Waals surface area (Å²) >= 11 is 0. The van der Waals surface area contributed by atoms with Crippen LogP contribution in [-0.4, -0.2) is 30.3 Å². The quantitative estimate of drug-likeness (QED) is 0.731. The van der Waals surface area contributed by atoms with Crippen LogP contribution in [0.2, 0.25) is 0 Å². The van der Waals surface area contributed by atoms with E-state index in [4.69, 9.17) is 0 Å². The second kappa shape index (κ2) is 8.61. The summed E-state index contributed by atoms with van der Waals surface area (Å²) in [5.41, 5.74) is 3.10. The fraction of sp³-hybridized carbons (Fsp3) is 0.381. The van der Waals surface area contributed by atoms with Gasteiger partial charge in [0, 0.05) is 19.1 Å². The smallest absolute Gasteiger partial charge is 0.319 e. The molecule has 26 heavy (non-hydrogen) atoms. The Morgan fingerprint density at radius 2 is 1.81 bits per heavy atom. The van der Waals surface area contributed by atoms with Crippen molar-refractivity contribution in [3.63, 3.8) is 0 Å². The number of phenols is 1. The first-order valence-corrected chi connectivity index (χ1v) is 9.31. The molecule has 5 nitrogen and oxygen atoms in total. The van der Waals surface area contributed by atoms with Crippen molar-refractivity contribution in [2.24, 2.45) is 0 Å². The van der Waals surface area contributed by atoms with E-state index in [9.17, 15) is 9.90 Å². The van der Waals surface area contributed by atoms with Gasteiger partial charge in [-0.1, -0.05) is 24.3 Å². The van der Waals surface area contributed by atoms with Gasteiger partial charge in [0.1, 0.15) is 5.75 Å². The molecule has 0 radical (unpaired) electrons. The molecule has 1 saturated heterocycles. The van der Waals surface area contributed by atoms with E-state index in [1.165, 1.54) is 12.8 Å². The molecule has 2 aromatic rings. The van der Waals surface area contributed by atoms with Gasteiger partial charge in [-0.05, 0) is 62.4 Å². The van der Waals surface area contributed by atoms with Gasteiger partial charge in [-0.3, -0.25) is 0 Å². The summed E-state index contributed by atoms with van der Waals surface area (Å²) in [6, 6.07) is 15.1. The largest absolute Gasteiger partial charge is 0.508 e. The average molecular weight is 353 g/mol. The van der Waals surface area contributed by atoms with Crippen LogP contribution in [0.5, 0.6) is 5.75 Å². The molecule has 2 amide bonds.